The zero-order chi connectivity index (χ0) is 23.9. The Kier molecular flexibility index (Phi) is 9.43. The number of imide groups is 1. The lowest BCUT2D eigenvalue weighted by molar-refractivity contribution is -0.137. The first-order valence-electron chi connectivity index (χ1n) is 11.6. The normalized spacial score (nSPS) is 18.9. The molecule has 0 saturated carbocycles. The summed E-state index contributed by atoms with van der Waals surface area (Å²) in [5.41, 5.74) is 2.84. The third-order valence-corrected chi connectivity index (χ3v) is 6.24. The fourth-order valence-corrected chi connectivity index (χ4v) is 4.38. The average Bonchev–Trinajstić information content (AvgIpc) is 3.17. The third kappa shape index (κ3) is 6.48. The molecular formula is C28H31ClN2O4. The van der Waals surface area contributed by atoms with Crippen molar-refractivity contribution in [3.63, 3.8) is 0 Å². The fourth-order valence-electron chi connectivity index (χ4n) is 4.38. The number of amides is 2. The van der Waals surface area contributed by atoms with E-state index in [1.165, 1.54) is 4.90 Å². The molecule has 1 aliphatic heterocycles. The van der Waals surface area contributed by atoms with Gasteiger partial charge >= 0.3 is 6.09 Å². The van der Waals surface area contributed by atoms with Gasteiger partial charge in [0, 0.05) is 13.1 Å². The van der Waals surface area contributed by atoms with Crippen LogP contribution in [0.15, 0.2) is 91.0 Å². The van der Waals surface area contributed by atoms with Crippen LogP contribution in [0, 0.1) is 5.92 Å². The number of aliphatic hydroxyl groups is 1. The molecule has 4 rings (SSSR count). The molecule has 0 aromatic heterocycles. The molecule has 4 unspecified atom stereocenters. The molecule has 1 heterocycles. The van der Waals surface area contributed by atoms with Crippen LogP contribution in [-0.2, 0) is 22.5 Å². The number of hydrogen-bond acceptors (Lipinski definition) is 5. The topological polar surface area (TPSA) is 78.9 Å². The van der Waals surface area contributed by atoms with Crippen LogP contribution < -0.4 is 5.32 Å². The fraction of sp³-hybridized carbons (Fsp3) is 0.286. The second kappa shape index (κ2) is 12.5. The molecule has 184 valence electrons. The van der Waals surface area contributed by atoms with E-state index in [9.17, 15) is 14.7 Å². The highest BCUT2D eigenvalue weighted by Crippen LogP contribution is 2.34. The Balaban J connectivity index is 0.00000342. The van der Waals surface area contributed by atoms with Crippen molar-refractivity contribution < 1.29 is 19.4 Å². The van der Waals surface area contributed by atoms with Crippen LogP contribution in [0.4, 0.5) is 4.79 Å². The van der Waals surface area contributed by atoms with Crippen molar-refractivity contribution in [2.75, 3.05) is 6.54 Å². The summed E-state index contributed by atoms with van der Waals surface area (Å²) >= 11 is 0. The van der Waals surface area contributed by atoms with Crippen molar-refractivity contribution in [1.82, 2.24) is 10.2 Å². The number of aliphatic hydroxyl groups excluding tert-OH is 1. The van der Waals surface area contributed by atoms with E-state index in [-0.39, 0.29) is 19.0 Å². The van der Waals surface area contributed by atoms with Gasteiger partial charge in [-0.15, -0.1) is 12.4 Å². The zero-order valence-corrected chi connectivity index (χ0v) is 20.4. The van der Waals surface area contributed by atoms with Crippen LogP contribution in [-0.4, -0.2) is 40.7 Å². The third-order valence-electron chi connectivity index (χ3n) is 6.24. The lowest BCUT2D eigenvalue weighted by Gasteiger charge is -2.28. The molecule has 6 nitrogen and oxygen atoms in total. The Morgan fingerprint density at radius 1 is 0.943 bits per heavy atom. The number of nitrogens with zero attached hydrogens (tertiary/aromatic N) is 1. The molecule has 1 saturated heterocycles. The van der Waals surface area contributed by atoms with Crippen LogP contribution in [0.3, 0.4) is 0 Å². The summed E-state index contributed by atoms with van der Waals surface area (Å²) in [6.45, 7) is 2.60. The van der Waals surface area contributed by atoms with E-state index in [1.807, 2.05) is 91.0 Å². The maximum atomic E-state index is 13.7. The van der Waals surface area contributed by atoms with Crippen molar-refractivity contribution in [2.24, 2.45) is 5.92 Å². The Hall–Kier alpha value is -3.19. The largest absolute Gasteiger partial charge is 0.439 e. The molecule has 2 N–H and O–H groups in total. The van der Waals surface area contributed by atoms with E-state index >= 15 is 0 Å². The number of nitrogens with one attached hydrogen (secondary N) is 1. The average molecular weight is 495 g/mol. The molecule has 3 aromatic rings. The van der Waals surface area contributed by atoms with Crippen molar-refractivity contribution in [1.29, 1.82) is 0 Å². The molecular weight excluding hydrogens is 464 g/mol. The first-order chi connectivity index (χ1) is 16.5. The molecule has 0 aliphatic carbocycles. The number of cyclic esters (lactones) is 1. The summed E-state index contributed by atoms with van der Waals surface area (Å²) in [4.78, 5) is 27.6. The lowest BCUT2D eigenvalue weighted by atomic mass is 9.91. The Labute approximate surface area is 212 Å². The van der Waals surface area contributed by atoms with Crippen LogP contribution in [0.2, 0.25) is 0 Å². The van der Waals surface area contributed by atoms with Crippen LogP contribution in [0.25, 0.3) is 0 Å². The van der Waals surface area contributed by atoms with Gasteiger partial charge in [-0.1, -0.05) is 91.0 Å². The maximum absolute atomic E-state index is 13.7. The number of benzene rings is 3. The zero-order valence-electron chi connectivity index (χ0n) is 19.6. The first-order valence-corrected chi connectivity index (χ1v) is 11.6. The highest BCUT2D eigenvalue weighted by Gasteiger charge is 2.46. The number of rotatable bonds is 9. The number of carbonyl (C=O) groups excluding carboxylic acids is 2. The molecule has 1 fully saturated rings. The second-order valence-electron chi connectivity index (χ2n) is 8.64. The molecule has 35 heavy (non-hydrogen) atoms. The minimum Gasteiger partial charge on any atom is -0.439 e. The highest BCUT2D eigenvalue weighted by atomic mass is 35.5. The summed E-state index contributed by atoms with van der Waals surface area (Å²) in [5, 5.41) is 14.3. The minimum absolute atomic E-state index is 0. The van der Waals surface area contributed by atoms with Crippen molar-refractivity contribution >= 4 is 24.4 Å². The summed E-state index contributed by atoms with van der Waals surface area (Å²) in [7, 11) is 0. The minimum atomic E-state index is -0.979. The summed E-state index contributed by atoms with van der Waals surface area (Å²) in [5.74, 6) is -1.22. The van der Waals surface area contributed by atoms with Gasteiger partial charge in [0.2, 0.25) is 5.91 Å². The molecule has 4 atom stereocenters. The smallest absolute Gasteiger partial charge is 0.417 e. The van der Waals surface area contributed by atoms with Gasteiger partial charge in [-0.05, 0) is 30.0 Å². The van der Waals surface area contributed by atoms with E-state index < -0.39 is 36.2 Å². The van der Waals surface area contributed by atoms with Crippen LogP contribution in [0.1, 0.15) is 29.7 Å². The van der Waals surface area contributed by atoms with E-state index in [4.69, 9.17) is 4.74 Å². The maximum Gasteiger partial charge on any atom is 0.417 e. The van der Waals surface area contributed by atoms with Crippen LogP contribution in [0.5, 0.6) is 0 Å². The number of carbonyl (C=O) groups is 2. The molecule has 1 aliphatic rings. The van der Waals surface area contributed by atoms with Crippen molar-refractivity contribution in [3.05, 3.63) is 108 Å². The quantitative estimate of drug-likeness (QED) is 0.457. The van der Waals surface area contributed by atoms with Gasteiger partial charge in [-0.25, -0.2) is 9.69 Å². The Morgan fingerprint density at radius 2 is 1.49 bits per heavy atom. The van der Waals surface area contributed by atoms with Crippen molar-refractivity contribution in [2.45, 2.75) is 38.1 Å². The van der Waals surface area contributed by atoms with Gasteiger partial charge in [0.25, 0.3) is 0 Å². The van der Waals surface area contributed by atoms with Gasteiger partial charge in [0.15, 0.2) is 0 Å². The molecule has 0 spiro atoms. The summed E-state index contributed by atoms with van der Waals surface area (Å²) in [6.07, 6.45) is -1.87. The van der Waals surface area contributed by atoms with Gasteiger partial charge in [-0.2, -0.15) is 0 Å². The SMILES string of the molecule is CC1C(c2ccccc2)OC(=O)N1C(=O)C(Cc1ccccc1)C(O)CNCc1ccccc1.Cl. The predicted octanol–water partition coefficient (Wildman–Crippen LogP) is 4.53. The number of hydrogen-bond donors (Lipinski definition) is 2. The standard InChI is InChI=1S/C28H30N2O4.ClH/c1-20-26(23-15-9-4-10-16-23)34-28(33)30(20)27(32)24(17-21-11-5-2-6-12-21)25(31)19-29-18-22-13-7-3-8-14-22;/h2-16,20,24-26,29,31H,17-19H2,1H3;1H. The van der Waals surface area contributed by atoms with Crippen molar-refractivity contribution in [3.8, 4) is 0 Å². The van der Waals surface area contributed by atoms with Crippen LogP contribution >= 0.6 is 12.4 Å². The highest BCUT2D eigenvalue weighted by molar-refractivity contribution is 5.95. The van der Waals surface area contributed by atoms with E-state index in [2.05, 4.69) is 5.32 Å². The summed E-state index contributed by atoms with van der Waals surface area (Å²) in [6, 6.07) is 28.3. The number of ether oxygens (including phenoxy) is 1. The van der Waals surface area contributed by atoms with E-state index in [0.29, 0.717) is 13.0 Å². The van der Waals surface area contributed by atoms with E-state index in [1.54, 1.807) is 6.92 Å². The van der Waals surface area contributed by atoms with Gasteiger partial charge < -0.3 is 15.2 Å². The molecule has 0 bridgehead atoms. The van der Waals surface area contributed by atoms with Gasteiger partial charge in [-0.3, -0.25) is 4.79 Å². The molecule has 7 heteroatoms. The Bertz CT molecular complexity index is 1080. The van der Waals surface area contributed by atoms with Gasteiger partial charge in [0.05, 0.1) is 18.1 Å². The monoisotopic (exact) mass is 494 g/mol. The number of halogens is 1. The molecule has 3 aromatic carbocycles. The summed E-state index contributed by atoms with van der Waals surface area (Å²) < 4.78 is 5.58. The lowest BCUT2D eigenvalue weighted by Crippen LogP contribution is -2.48. The van der Waals surface area contributed by atoms with E-state index in [0.717, 1.165) is 16.7 Å². The molecule has 0 radical (unpaired) electrons. The Morgan fingerprint density at radius 3 is 2.09 bits per heavy atom. The first kappa shape index (κ1) is 26.4. The predicted molar refractivity (Wildman–Crippen MR) is 137 cm³/mol. The second-order valence-corrected chi connectivity index (χ2v) is 8.64. The molecule has 2 amide bonds. The van der Waals surface area contributed by atoms with Gasteiger partial charge in [0.1, 0.15) is 6.10 Å².